The first-order valence-electron chi connectivity index (χ1n) is 3.01. The first-order chi connectivity index (χ1) is 4.72. The zero-order chi connectivity index (χ0) is 7.98. The zero-order valence-corrected chi connectivity index (χ0v) is 8.50. The van der Waals surface area contributed by atoms with Crippen LogP contribution < -0.4 is 5.73 Å². The lowest BCUT2D eigenvalue weighted by atomic mass is 10.2. The molecular formula is C5H13NOS3. The van der Waals surface area contributed by atoms with Crippen LogP contribution in [-0.4, -0.2) is 17.6 Å². The molecule has 0 aliphatic rings. The van der Waals surface area contributed by atoms with E-state index in [1.807, 2.05) is 6.92 Å². The lowest BCUT2D eigenvalue weighted by molar-refractivity contribution is -0.119. The monoisotopic (exact) mass is 199 g/mol. The first kappa shape index (κ1) is 10.7. The predicted molar refractivity (Wildman–Crippen MR) is 54.6 cm³/mol. The average molecular weight is 199 g/mol. The minimum atomic E-state index is -0.272. The van der Waals surface area contributed by atoms with Gasteiger partial charge in [0.1, 0.15) is 5.78 Å². The molecular weight excluding hydrogens is 186 g/mol. The van der Waals surface area contributed by atoms with Crippen molar-refractivity contribution < 1.29 is 4.79 Å². The van der Waals surface area contributed by atoms with Gasteiger partial charge >= 0.3 is 0 Å². The minimum absolute atomic E-state index is 0.143. The van der Waals surface area contributed by atoms with Crippen LogP contribution in [0.5, 0.6) is 0 Å². The summed E-state index contributed by atoms with van der Waals surface area (Å²) < 4.78 is 0. The van der Waals surface area contributed by atoms with Crippen LogP contribution in [0.15, 0.2) is 0 Å². The third-order valence-electron chi connectivity index (χ3n) is 1.10. The van der Waals surface area contributed by atoms with Crippen molar-refractivity contribution in [1.82, 2.24) is 0 Å². The average Bonchev–Trinajstić information content (AvgIpc) is 1.98. The van der Waals surface area contributed by atoms with E-state index in [1.165, 1.54) is 0 Å². The lowest BCUT2D eigenvalue weighted by Gasteiger charge is -2.03. The molecule has 0 saturated heterocycles. The van der Waals surface area contributed by atoms with Gasteiger partial charge in [-0.05, 0) is 0 Å². The predicted octanol–water partition coefficient (Wildman–Crippen LogP) is -0.318. The van der Waals surface area contributed by atoms with Gasteiger partial charge in [-0.1, -0.05) is 6.92 Å². The Morgan fingerprint density at radius 2 is 2.40 bits per heavy atom. The van der Waals surface area contributed by atoms with E-state index in [0.29, 0.717) is 6.42 Å². The Labute approximate surface area is 73.0 Å². The second-order valence-electron chi connectivity index (χ2n) is 1.84. The van der Waals surface area contributed by atoms with Gasteiger partial charge in [0, 0.05) is 12.2 Å². The van der Waals surface area contributed by atoms with Crippen molar-refractivity contribution in [2.75, 3.05) is 5.75 Å². The minimum Gasteiger partial charge on any atom is -0.321 e. The maximum atomic E-state index is 10.9. The molecule has 0 aliphatic carbocycles. The van der Waals surface area contributed by atoms with Crippen LogP contribution in [-0.2, 0) is 24.5 Å². The third-order valence-corrected chi connectivity index (χ3v) is 3.79. The molecule has 0 saturated carbocycles. The molecule has 5 heteroatoms. The molecule has 0 aliphatic heterocycles. The van der Waals surface area contributed by atoms with Gasteiger partial charge < -0.3 is 5.73 Å². The van der Waals surface area contributed by atoms with E-state index in [9.17, 15) is 4.79 Å². The highest BCUT2D eigenvalue weighted by Gasteiger charge is 2.07. The number of hydrogen-bond donors (Lipinski definition) is 4. The van der Waals surface area contributed by atoms with Gasteiger partial charge in [-0.15, -0.1) is 21.0 Å². The van der Waals surface area contributed by atoms with Gasteiger partial charge in [-0.2, -0.15) is 10.3 Å². The van der Waals surface area contributed by atoms with Crippen LogP contribution in [0.4, 0.5) is 0 Å². The van der Waals surface area contributed by atoms with Gasteiger partial charge in [0.2, 0.25) is 0 Å². The zero-order valence-electron chi connectivity index (χ0n) is 5.82. The Bertz CT molecular complexity index is 137. The smallest absolute Gasteiger partial charge is 0.150 e. The molecule has 2 nitrogen and oxygen atoms in total. The summed E-state index contributed by atoms with van der Waals surface area (Å²) in [5.41, 5.74) is 5.52. The molecule has 0 aromatic rings. The van der Waals surface area contributed by atoms with Gasteiger partial charge in [0.05, 0.1) is 6.04 Å². The molecule has 2 N–H and O–H groups in total. The molecule has 1 atom stereocenters. The van der Waals surface area contributed by atoms with Crippen molar-refractivity contribution >= 4 is 37.1 Å². The van der Waals surface area contributed by atoms with Crippen LogP contribution >= 0.6 is 11.7 Å². The molecule has 1 unspecified atom stereocenters. The molecule has 0 heterocycles. The van der Waals surface area contributed by atoms with Crippen LogP contribution in [0.25, 0.3) is 0 Å². The highest BCUT2D eigenvalue weighted by atomic mass is 33.3. The summed E-state index contributed by atoms with van der Waals surface area (Å²) in [4.78, 5) is 10.9. The van der Waals surface area contributed by atoms with Crippen molar-refractivity contribution in [2.45, 2.75) is 19.4 Å². The Morgan fingerprint density at radius 3 is 2.80 bits per heavy atom. The number of carbonyl (C=O) groups excluding carboxylic acids is 1. The molecule has 10 heavy (non-hydrogen) atoms. The number of thiol groups is 3. The number of nitrogens with two attached hydrogens (primary N) is 1. The maximum Gasteiger partial charge on any atom is 0.150 e. The molecule has 0 amide bonds. The Hall–Kier alpha value is 0.680. The molecule has 0 spiro atoms. The van der Waals surface area contributed by atoms with Crippen molar-refractivity contribution in [1.29, 1.82) is 0 Å². The number of rotatable bonds is 4. The SMILES string of the molecule is CCC(=O)C(N)C[SH]=[SH]S. The molecule has 0 bridgehead atoms. The standard InChI is InChI=1S/C5H13NOS3/c1-2-5(7)4(6)3-9-10-8/h4,8-10H,2-3,6H2,1H3. The van der Waals surface area contributed by atoms with E-state index in [2.05, 4.69) is 11.7 Å². The second-order valence-corrected chi connectivity index (χ2v) is 5.66. The van der Waals surface area contributed by atoms with Crippen LogP contribution in [0.1, 0.15) is 13.3 Å². The van der Waals surface area contributed by atoms with Crippen LogP contribution in [0.2, 0.25) is 0 Å². The normalized spacial score (nSPS) is 15.5. The Balaban J connectivity index is 3.61. The summed E-state index contributed by atoms with van der Waals surface area (Å²) in [6.07, 6.45) is 0.542. The van der Waals surface area contributed by atoms with Gasteiger partial charge in [0.25, 0.3) is 0 Å². The van der Waals surface area contributed by atoms with E-state index >= 15 is 0 Å². The summed E-state index contributed by atoms with van der Waals surface area (Å²) in [6.45, 7) is 1.83. The number of carbonyl (C=O) groups is 1. The van der Waals surface area contributed by atoms with Gasteiger partial charge in [-0.3, -0.25) is 4.79 Å². The highest BCUT2D eigenvalue weighted by Crippen LogP contribution is 1.87. The first-order valence-corrected chi connectivity index (χ1v) is 6.84. The molecule has 0 rings (SSSR count). The fraction of sp³-hybridized carbons (Fsp3) is 0.800. The van der Waals surface area contributed by atoms with Crippen molar-refractivity contribution in [2.24, 2.45) is 5.73 Å². The summed E-state index contributed by atoms with van der Waals surface area (Å²) in [6, 6.07) is -0.272. The van der Waals surface area contributed by atoms with E-state index in [-0.39, 0.29) is 11.8 Å². The quantitative estimate of drug-likeness (QED) is 0.370. The van der Waals surface area contributed by atoms with E-state index in [0.717, 1.165) is 25.4 Å². The summed E-state index contributed by atoms with van der Waals surface area (Å²) in [7, 11) is 2.10. The van der Waals surface area contributed by atoms with E-state index in [4.69, 9.17) is 5.73 Å². The summed E-state index contributed by atoms with van der Waals surface area (Å²) in [5, 5.41) is 0. The van der Waals surface area contributed by atoms with E-state index in [1.54, 1.807) is 0 Å². The summed E-state index contributed by atoms with van der Waals surface area (Å²) >= 11 is 3.99. The highest BCUT2D eigenvalue weighted by molar-refractivity contribution is 8.70. The van der Waals surface area contributed by atoms with Crippen molar-refractivity contribution in [3.05, 3.63) is 0 Å². The molecule has 0 aromatic heterocycles. The van der Waals surface area contributed by atoms with Crippen LogP contribution in [0, 0.1) is 0 Å². The van der Waals surface area contributed by atoms with Gasteiger partial charge in [-0.25, -0.2) is 0 Å². The number of ketones is 1. The third kappa shape index (κ3) is 4.49. The Kier molecular flexibility index (Phi) is 6.83. The van der Waals surface area contributed by atoms with Gasteiger partial charge in [0.15, 0.2) is 0 Å². The topological polar surface area (TPSA) is 43.1 Å². The molecule has 0 aromatic carbocycles. The summed E-state index contributed by atoms with van der Waals surface area (Å²) in [5.74, 6) is 0.877. The fourth-order valence-corrected chi connectivity index (χ4v) is 2.35. The molecule has 0 fully saturated rings. The molecule has 62 valence electrons. The van der Waals surface area contributed by atoms with Crippen LogP contribution in [0.3, 0.4) is 0 Å². The van der Waals surface area contributed by atoms with E-state index < -0.39 is 0 Å². The number of Topliss-reactive ketones (excluding diaryl/α,β-unsaturated/α-hetero) is 1. The second kappa shape index (κ2) is 6.39. The largest absolute Gasteiger partial charge is 0.321 e. The van der Waals surface area contributed by atoms with Crippen molar-refractivity contribution in [3.63, 3.8) is 0 Å². The number of hydrogen-bond acceptors (Lipinski definition) is 2. The fourth-order valence-electron chi connectivity index (χ4n) is 0.488. The Morgan fingerprint density at radius 1 is 1.80 bits per heavy atom. The maximum absolute atomic E-state index is 10.9. The molecule has 0 radical (unpaired) electrons. The van der Waals surface area contributed by atoms with Crippen molar-refractivity contribution in [3.8, 4) is 0 Å². The lowest BCUT2D eigenvalue weighted by Crippen LogP contribution is -2.33.